The summed E-state index contributed by atoms with van der Waals surface area (Å²) in [7, 11) is 0. The molecular formula is C56H45NO. The lowest BCUT2D eigenvalue weighted by Crippen LogP contribution is -2.25. The molecule has 4 aliphatic rings. The van der Waals surface area contributed by atoms with Gasteiger partial charge >= 0.3 is 0 Å². The summed E-state index contributed by atoms with van der Waals surface area (Å²) in [6.45, 7) is 2.93. The lowest BCUT2D eigenvalue weighted by molar-refractivity contribution is 0.306. The molecule has 7 aromatic carbocycles. The molecule has 0 spiro atoms. The predicted molar refractivity (Wildman–Crippen MR) is 243 cm³/mol. The zero-order valence-corrected chi connectivity index (χ0v) is 32.8. The second kappa shape index (κ2) is 14.4. The molecule has 0 bridgehead atoms. The van der Waals surface area contributed by atoms with Crippen molar-refractivity contribution in [1.29, 1.82) is 0 Å². The highest BCUT2D eigenvalue weighted by molar-refractivity contribution is 6.04. The van der Waals surface area contributed by atoms with Crippen LogP contribution in [0.1, 0.15) is 48.8 Å². The molecule has 7 aromatic rings. The van der Waals surface area contributed by atoms with Crippen LogP contribution < -0.4 is 9.64 Å². The van der Waals surface area contributed by atoms with Gasteiger partial charge in [0.1, 0.15) is 12.4 Å². The number of anilines is 2. The van der Waals surface area contributed by atoms with Gasteiger partial charge in [-0.15, -0.1) is 0 Å². The van der Waals surface area contributed by atoms with E-state index < -0.39 is 0 Å². The summed E-state index contributed by atoms with van der Waals surface area (Å²) in [6, 6.07) is 53.6. The maximum Gasteiger partial charge on any atom is 0.135 e. The number of fused-ring (bicyclic) bond motifs is 7. The molecule has 3 unspecified atom stereocenters. The Morgan fingerprint density at radius 3 is 2.22 bits per heavy atom. The second-order valence-electron chi connectivity index (χ2n) is 16.4. The lowest BCUT2D eigenvalue weighted by atomic mass is 9.74. The van der Waals surface area contributed by atoms with E-state index in [9.17, 15) is 0 Å². The SMILES string of the molecule is CC1CC(c2ccc(-c3ccccc3)cc2)=CC=C1N(c1cccc2c1-c1cc(C3CC=C4C=CC=CC4C3)c3ccccc3c1OC2)c1cccc2ccccc12. The van der Waals surface area contributed by atoms with Crippen LogP contribution in [0, 0.1) is 11.8 Å². The Balaban J connectivity index is 1.08. The number of ether oxygens (including phenoxy) is 1. The normalized spacial score (nSPS) is 19.3. The highest BCUT2D eigenvalue weighted by Crippen LogP contribution is 2.53. The van der Waals surface area contributed by atoms with Crippen molar-refractivity contribution in [3.05, 3.63) is 216 Å². The molecule has 280 valence electrons. The van der Waals surface area contributed by atoms with Gasteiger partial charge in [0, 0.05) is 39.4 Å². The third kappa shape index (κ3) is 5.94. The minimum atomic E-state index is 0.260. The first kappa shape index (κ1) is 34.6. The summed E-state index contributed by atoms with van der Waals surface area (Å²) in [5.41, 5.74) is 15.4. The molecule has 58 heavy (non-hydrogen) atoms. The van der Waals surface area contributed by atoms with Gasteiger partial charge in [-0.3, -0.25) is 0 Å². The van der Waals surface area contributed by atoms with Gasteiger partial charge in [0.2, 0.25) is 0 Å². The van der Waals surface area contributed by atoms with Crippen molar-refractivity contribution in [1.82, 2.24) is 0 Å². The molecule has 0 amide bonds. The van der Waals surface area contributed by atoms with Crippen molar-refractivity contribution in [2.24, 2.45) is 11.8 Å². The molecule has 11 rings (SSSR count). The molecular weight excluding hydrogens is 703 g/mol. The maximum atomic E-state index is 6.79. The smallest absolute Gasteiger partial charge is 0.135 e. The second-order valence-corrected chi connectivity index (χ2v) is 16.4. The number of benzene rings is 7. The van der Waals surface area contributed by atoms with E-state index in [0.29, 0.717) is 18.4 Å². The van der Waals surface area contributed by atoms with Crippen LogP contribution in [0.4, 0.5) is 11.4 Å². The van der Waals surface area contributed by atoms with E-state index in [1.807, 2.05) is 0 Å². The Labute approximate surface area is 341 Å². The quantitative estimate of drug-likeness (QED) is 0.168. The van der Waals surface area contributed by atoms with E-state index in [4.69, 9.17) is 4.74 Å². The molecule has 0 N–H and O–H groups in total. The van der Waals surface area contributed by atoms with Crippen molar-refractivity contribution < 1.29 is 4.74 Å². The van der Waals surface area contributed by atoms with Gasteiger partial charge in [-0.05, 0) is 99.2 Å². The van der Waals surface area contributed by atoms with E-state index in [0.717, 1.165) is 25.0 Å². The topological polar surface area (TPSA) is 12.5 Å². The van der Waals surface area contributed by atoms with E-state index in [2.05, 4.69) is 200 Å². The third-order valence-electron chi connectivity index (χ3n) is 12.9. The summed E-state index contributed by atoms with van der Waals surface area (Å²) in [4.78, 5) is 2.58. The predicted octanol–water partition coefficient (Wildman–Crippen LogP) is 14.9. The van der Waals surface area contributed by atoms with E-state index >= 15 is 0 Å². The number of hydrogen-bond acceptors (Lipinski definition) is 2. The van der Waals surface area contributed by atoms with Gasteiger partial charge in [-0.1, -0.05) is 171 Å². The van der Waals surface area contributed by atoms with E-state index in [1.165, 1.54) is 88.7 Å². The molecule has 1 aliphatic heterocycles. The van der Waals surface area contributed by atoms with Crippen LogP contribution in [0.2, 0.25) is 0 Å². The van der Waals surface area contributed by atoms with Crippen LogP contribution in [0.5, 0.6) is 5.75 Å². The Morgan fingerprint density at radius 2 is 1.36 bits per heavy atom. The van der Waals surface area contributed by atoms with Crippen LogP contribution in [0.15, 0.2) is 199 Å². The van der Waals surface area contributed by atoms with Crippen molar-refractivity contribution in [2.45, 2.75) is 38.7 Å². The largest absolute Gasteiger partial charge is 0.488 e. The minimum Gasteiger partial charge on any atom is -0.488 e. The first-order valence-electron chi connectivity index (χ1n) is 20.9. The standard InChI is InChI=1S/C56H45NO/c1-37-33-44(41-27-25-40(26-28-41)38-13-3-2-4-14-38)31-32-52(37)57(53-23-11-18-42-16-7-8-20-47(42)53)54-24-12-19-46-36-58-56-49-22-10-9-21-48(49)50(35-51(56)55(46)54)45-30-29-39-15-5-6-17-43(39)34-45/h2-29,31-32,35,37,43,45H,30,33-34,36H2,1H3. The number of hydrogen-bond donors (Lipinski definition) is 0. The van der Waals surface area contributed by atoms with Crippen LogP contribution in [-0.2, 0) is 6.61 Å². The maximum absolute atomic E-state index is 6.79. The molecule has 0 aromatic heterocycles. The van der Waals surface area contributed by atoms with Gasteiger partial charge in [0.05, 0.1) is 11.4 Å². The summed E-state index contributed by atoms with van der Waals surface area (Å²) in [5.74, 6) is 2.13. The van der Waals surface area contributed by atoms with Crippen molar-refractivity contribution in [2.75, 3.05) is 4.90 Å². The average molecular weight is 748 g/mol. The summed E-state index contributed by atoms with van der Waals surface area (Å²) >= 11 is 0. The molecule has 0 fully saturated rings. The Kier molecular flexibility index (Phi) is 8.58. The highest BCUT2D eigenvalue weighted by Gasteiger charge is 2.33. The van der Waals surface area contributed by atoms with Crippen molar-refractivity contribution in [3.63, 3.8) is 0 Å². The Morgan fingerprint density at radius 1 is 0.638 bits per heavy atom. The number of rotatable bonds is 6. The fourth-order valence-corrected chi connectivity index (χ4v) is 10.1. The van der Waals surface area contributed by atoms with E-state index in [-0.39, 0.29) is 5.92 Å². The zero-order chi connectivity index (χ0) is 38.6. The van der Waals surface area contributed by atoms with Crippen molar-refractivity contribution in [3.8, 4) is 28.0 Å². The average Bonchev–Trinajstić information content (AvgIpc) is 3.29. The first-order valence-corrected chi connectivity index (χ1v) is 20.9. The van der Waals surface area contributed by atoms with Gasteiger partial charge in [0.25, 0.3) is 0 Å². The molecule has 1 heterocycles. The fourth-order valence-electron chi connectivity index (χ4n) is 10.1. The van der Waals surface area contributed by atoms with Crippen LogP contribution >= 0.6 is 0 Å². The highest BCUT2D eigenvalue weighted by atomic mass is 16.5. The molecule has 0 saturated heterocycles. The first-order chi connectivity index (χ1) is 28.7. The molecule has 0 radical (unpaired) electrons. The third-order valence-corrected chi connectivity index (χ3v) is 12.9. The molecule has 3 aliphatic carbocycles. The minimum absolute atomic E-state index is 0.260. The van der Waals surface area contributed by atoms with E-state index in [1.54, 1.807) is 0 Å². The van der Waals surface area contributed by atoms with Gasteiger partial charge in [-0.2, -0.15) is 0 Å². The summed E-state index contributed by atoms with van der Waals surface area (Å²) in [5, 5.41) is 5.00. The fraction of sp³-hybridized carbons (Fsp3) is 0.143. The van der Waals surface area contributed by atoms with Gasteiger partial charge < -0.3 is 9.64 Å². The number of nitrogens with zero attached hydrogens (tertiary/aromatic N) is 1. The lowest BCUT2D eigenvalue weighted by Gasteiger charge is -2.37. The molecule has 2 nitrogen and oxygen atoms in total. The van der Waals surface area contributed by atoms with Crippen LogP contribution in [0.25, 0.3) is 49.4 Å². The van der Waals surface area contributed by atoms with Crippen molar-refractivity contribution >= 4 is 38.5 Å². The zero-order valence-electron chi connectivity index (χ0n) is 32.8. The Hall–Kier alpha value is -6.64. The molecule has 2 heteroatoms. The molecule has 3 atom stereocenters. The van der Waals surface area contributed by atoms with Gasteiger partial charge in [-0.25, -0.2) is 0 Å². The summed E-state index contributed by atoms with van der Waals surface area (Å²) in [6.07, 6.45) is 19.4. The summed E-state index contributed by atoms with van der Waals surface area (Å²) < 4.78 is 6.79. The van der Waals surface area contributed by atoms with Crippen LogP contribution in [0.3, 0.4) is 0 Å². The molecule has 0 saturated carbocycles. The monoisotopic (exact) mass is 747 g/mol. The Bertz CT molecular complexity index is 2880. The van der Waals surface area contributed by atoms with Crippen LogP contribution in [-0.4, -0.2) is 0 Å². The number of allylic oxidation sites excluding steroid dienone is 10. The van der Waals surface area contributed by atoms with Gasteiger partial charge in [0.15, 0.2) is 0 Å².